The topological polar surface area (TPSA) is 75.4 Å². The number of nitrogens with zero attached hydrogens (tertiary/aromatic N) is 1. The minimum atomic E-state index is -0.161. The van der Waals surface area contributed by atoms with Crippen molar-refractivity contribution in [2.45, 2.75) is 25.3 Å². The molecule has 0 saturated heterocycles. The second kappa shape index (κ2) is 5.11. The highest BCUT2D eigenvalue weighted by Crippen LogP contribution is 2.32. The molecule has 86 valence electrons. The van der Waals surface area contributed by atoms with E-state index in [1.165, 1.54) is 4.90 Å². The van der Waals surface area contributed by atoms with Crippen molar-refractivity contribution in [1.82, 2.24) is 10.2 Å². The molecule has 15 heavy (non-hydrogen) atoms. The van der Waals surface area contributed by atoms with E-state index in [4.69, 9.17) is 5.73 Å². The van der Waals surface area contributed by atoms with E-state index in [1.807, 2.05) is 0 Å². The molecule has 5 nitrogen and oxygen atoms in total. The van der Waals surface area contributed by atoms with Gasteiger partial charge in [-0.3, -0.25) is 9.59 Å². The second-order valence-electron chi connectivity index (χ2n) is 4.13. The molecule has 1 rings (SSSR count). The summed E-state index contributed by atoms with van der Waals surface area (Å²) in [7, 11) is 3.17. The maximum atomic E-state index is 11.6. The maximum Gasteiger partial charge on any atom is 0.239 e. The zero-order valence-electron chi connectivity index (χ0n) is 9.32. The summed E-state index contributed by atoms with van der Waals surface area (Å²) in [6.45, 7) is 0.104. The lowest BCUT2D eigenvalue weighted by Gasteiger charge is -2.18. The van der Waals surface area contributed by atoms with Gasteiger partial charge in [-0.25, -0.2) is 0 Å². The number of carbonyl (C=O) groups excluding carboxylic acids is 2. The highest BCUT2D eigenvalue weighted by atomic mass is 16.2. The molecule has 0 aromatic carbocycles. The number of hydrogen-bond acceptors (Lipinski definition) is 3. The van der Waals surface area contributed by atoms with Crippen molar-refractivity contribution in [2.24, 2.45) is 11.7 Å². The largest absolute Gasteiger partial charge is 0.358 e. The monoisotopic (exact) mass is 213 g/mol. The Morgan fingerprint density at radius 3 is 2.60 bits per heavy atom. The Morgan fingerprint density at radius 2 is 2.13 bits per heavy atom. The minimum absolute atomic E-state index is 0.0374. The second-order valence-corrected chi connectivity index (χ2v) is 4.13. The van der Waals surface area contributed by atoms with Gasteiger partial charge >= 0.3 is 0 Å². The van der Waals surface area contributed by atoms with E-state index in [-0.39, 0.29) is 24.4 Å². The van der Waals surface area contributed by atoms with E-state index in [0.717, 1.165) is 12.8 Å². The number of likely N-dealkylation sites (N-methyl/N-ethyl adjacent to an activating group) is 2. The maximum absolute atomic E-state index is 11.6. The van der Waals surface area contributed by atoms with Gasteiger partial charge in [0.25, 0.3) is 0 Å². The van der Waals surface area contributed by atoms with Gasteiger partial charge < -0.3 is 16.0 Å². The fraction of sp³-hybridized carbons (Fsp3) is 0.800. The molecular formula is C10H19N3O2. The molecule has 1 fully saturated rings. The van der Waals surface area contributed by atoms with Gasteiger partial charge in [-0.2, -0.15) is 0 Å². The van der Waals surface area contributed by atoms with Crippen LogP contribution in [0.15, 0.2) is 0 Å². The first kappa shape index (κ1) is 12.0. The molecule has 0 spiro atoms. The fourth-order valence-electron chi connectivity index (χ4n) is 1.43. The molecule has 1 saturated carbocycles. The molecule has 0 bridgehead atoms. The number of nitrogens with one attached hydrogen (secondary N) is 1. The fourth-order valence-corrected chi connectivity index (χ4v) is 1.43. The van der Waals surface area contributed by atoms with Crippen molar-refractivity contribution < 1.29 is 9.59 Å². The van der Waals surface area contributed by atoms with Gasteiger partial charge in [0, 0.05) is 26.6 Å². The summed E-state index contributed by atoms with van der Waals surface area (Å²) in [5, 5.41) is 2.48. The van der Waals surface area contributed by atoms with E-state index in [9.17, 15) is 9.59 Å². The molecule has 1 unspecified atom stereocenters. The zero-order chi connectivity index (χ0) is 11.4. The van der Waals surface area contributed by atoms with Crippen LogP contribution in [0.3, 0.4) is 0 Å². The number of rotatable bonds is 5. The summed E-state index contributed by atoms with van der Waals surface area (Å²) in [5.41, 5.74) is 5.83. The van der Waals surface area contributed by atoms with Crippen LogP contribution in [0.2, 0.25) is 0 Å². The van der Waals surface area contributed by atoms with Gasteiger partial charge in [0.1, 0.15) is 0 Å². The first-order valence-corrected chi connectivity index (χ1v) is 5.24. The SMILES string of the molecule is CNC(=O)CN(C)C(=O)CC(N)C1CC1. The molecule has 1 atom stereocenters. The third-order valence-corrected chi connectivity index (χ3v) is 2.72. The lowest BCUT2D eigenvalue weighted by molar-refractivity contribution is -0.134. The summed E-state index contributed by atoms with van der Waals surface area (Å²) in [4.78, 5) is 24.0. The molecule has 0 radical (unpaired) electrons. The third kappa shape index (κ3) is 3.87. The highest BCUT2D eigenvalue weighted by molar-refractivity contribution is 5.84. The average molecular weight is 213 g/mol. The Hall–Kier alpha value is -1.10. The van der Waals surface area contributed by atoms with Crippen molar-refractivity contribution in [3.05, 3.63) is 0 Å². The number of nitrogens with two attached hydrogens (primary N) is 1. The number of amides is 2. The quantitative estimate of drug-likeness (QED) is 0.635. The number of hydrogen-bond donors (Lipinski definition) is 2. The smallest absolute Gasteiger partial charge is 0.239 e. The molecule has 1 aliphatic rings. The van der Waals surface area contributed by atoms with Crippen LogP contribution in [0.25, 0.3) is 0 Å². The van der Waals surface area contributed by atoms with E-state index in [0.29, 0.717) is 12.3 Å². The van der Waals surface area contributed by atoms with Crippen LogP contribution < -0.4 is 11.1 Å². The Morgan fingerprint density at radius 1 is 1.53 bits per heavy atom. The molecule has 3 N–H and O–H groups in total. The van der Waals surface area contributed by atoms with E-state index in [2.05, 4.69) is 5.32 Å². The van der Waals surface area contributed by atoms with Crippen molar-refractivity contribution in [3.8, 4) is 0 Å². The van der Waals surface area contributed by atoms with Gasteiger partial charge in [-0.15, -0.1) is 0 Å². The molecule has 0 heterocycles. The molecule has 2 amide bonds. The first-order chi connectivity index (χ1) is 7.04. The van der Waals surface area contributed by atoms with Gasteiger partial charge in [-0.1, -0.05) is 0 Å². The minimum Gasteiger partial charge on any atom is -0.358 e. The third-order valence-electron chi connectivity index (χ3n) is 2.72. The van der Waals surface area contributed by atoms with Crippen LogP contribution >= 0.6 is 0 Å². The predicted molar refractivity (Wildman–Crippen MR) is 57.0 cm³/mol. The van der Waals surface area contributed by atoms with Crippen LogP contribution in [-0.2, 0) is 9.59 Å². The molecule has 0 aromatic rings. The lowest BCUT2D eigenvalue weighted by atomic mass is 10.1. The standard InChI is InChI=1S/C10H19N3O2/c1-12-9(14)6-13(2)10(15)5-8(11)7-3-4-7/h7-8H,3-6,11H2,1-2H3,(H,12,14). The summed E-state index contributed by atoms with van der Waals surface area (Å²) >= 11 is 0. The number of carbonyl (C=O) groups is 2. The van der Waals surface area contributed by atoms with Crippen LogP contribution in [-0.4, -0.2) is 43.4 Å². The van der Waals surface area contributed by atoms with E-state index in [1.54, 1.807) is 14.1 Å². The zero-order valence-corrected chi connectivity index (χ0v) is 9.32. The van der Waals surface area contributed by atoms with Gasteiger partial charge in [-0.05, 0) is 18.8 Å². The summed E-state index contributed by atoms with van der Waals surface area (Å²) in [6, 6.07) is -0.0374. The van der Waals surface area contributed by atoms with E-state index < -0.39 is 0 Å². The molecule has 1 aliphatic carbocycles. The summed E-state index contributed by atoms with van der Waals surface area (Å²) in [5.74, 6) is 0.297. The Labute approximate surface area is 90.0 Å². The van der Waals surface area contributed by atoms with Gasteiger partial charge in [0.2, 0.25) is 11.8 Å². The Kier molecular flexibility index (Phi) is 4.08. The van der Waals surface area contributed by atoms with Crippen LogP contribution in [0, 0.1) is 5.92 Å². The van der Waals surface area contributed by atoms with Crippen LogP contribution in [0.4, 0.5) is 0 Å². The Bertz CT molecular complexity index is 251. The predicted octanol–water partition coefficient (Wildman–Crippen LogP) is -0.682. The normalized spacial score (nSPS) is 17.0. The average Bonchev–Trinajstić information content (AvgIpc) is 3.00. The Balaban J connectivity index is 2.28. The van der Waals surface area contributed by atoms with Crippen molar-refractivity contribution in [1.29, 1.82) is 0 Å². The molecule has 5 heteroatoms. The van der Waals surface area contributed by atoms with Gasteiger partial charge in [0.15, 0.2) is 0 Å². The van der Waals surface area contributed by atoms with Crippen molar-refractivity contribution in [3.63, 3.8) is 0 Å². The van der Waals surface area contributed by atoms with Crippen LogP contribution in [0.5, 0.6) is 0 Å². The highest BCUT2D eigenvalue weighted by Gasteiger charge is 2.30. The first-order valence-electron chi connectivity index (χ1n) is 5.24. The van der Waals surface area contributed by atoms with Gasteiger partial charge in [0.05, 0.1) is 6.54 Å². The molecule has 0 aliphatic heterocycles. The van der Waals surface area contributed by atoms with E-state index >= 15 is 0 Å². The lowest BCUT2D eigenvalue weighted by Crippen LogP contribution is -2.39. The van der Waals surface area contributed by atoms with Crippen molar-refractivity contribution in [2.75, 3.05) is 20.6 Å². The molecular weight excluding hydrogens is 194 g/mol. The molecule has 0 aromatic heterocycles. The van der Waals surface area contributed by atoms with Crippen molar-refractivity contribution >= 4 is 11.8 Å². The summed E-state index contributed by atoms with van der Waals surface area (Å²) < 4.78 is 0. The summed E-state index contributed by atoms with van der Waals surface area (Å²) in [6.07, 6.45) is 2.61. The van der Waals surface area contributed by atoms with Crippen LogP contribution in [0.1, 0.15) is 19.3 Å².